The monoisotopic (exact) mass is 505 g/mol. The van der Waals surface area contributed by atoms with Crippen LogP contribution in [0.4, 0.5) is 13.2 Å². The van der Waals surface area contributed by atoms with Crippen LogP contribution in [0.2, 0.25) is 0 Å². The molecule has 10 heteroatoms. The van der Waals surface area contributed by atoms with Crippen LogP contribution in [0.1, 0.15) is 54.8 Å². The third-order valence-electron chi connectivity index (χ3n) is 6.24. The summed E-state index contributed by atoms with van der Waals surface area (Å²) in [6.07, 6.45) is -2.14. The van der Waals surface area contributed by atoms with E-state index in [-0.39, 0.29) is 52.8 Å². The van der Waals surface area contributed by atoms with E-state index in [4.69, 9.17) is 13.9 Å². The van der Waals surface area contributed by atoms with Crippen molar-refractivity contribution in [1.82, 2.24) is 4.90 Å². The molecule has 1 unspecified atom stereocenters. The maximum atomic E-state index is 14.0. The number of fused-ring (bicyclic) bond motifs is 1. The van der Waals surface area contributed by atoms with Gasteiger partial charge in [0.05, 0.1) is 23.1 Å². The summed E-state index contributed by atoms with van der Waals surface area (Å²) in [4.78, 5) is 27.1. The van der Waals surface area contributed by atoms with E-state index in [1.165, 1.54) is 36.4 Å². The van der Waals surface area contributed by atoms with Crippen LogP contribution in [0.25, 0.3) is 11.0 Å². The Bertz CT molecular complexity index is 1320. The van der Waals surface area contributed by atoms with Gasteiger partial charge in [0.1, 0.15) is 17.1 Å². The molecule has 1 saturated heterocycles. The summed E-state index contributed by atoms with van der Waals surface area (Å²) in [5, 5.41) is 10.3. The lowest BCUT2D eigenvalue weighted by Gasteiger charge is -2.33. The SMILES string of the molecule is CCOC(=O)c1ccc(Oc2c(C(F)(F)F)oc3c(CN4CCCCC4C)c(O)ccc3c2=O)cc1. The number of carbonyl (C=O) groups excluding carboxylic acids is 1. The minimum atomic E-state index is -5.05. The molecule has 1 fully saturated rings. The number of nitrogens with zero attached hydrogens (tertiary/aromatic N) is 1. The van der Waals surface area contributed by atoms with E-state index < -0.39 is 29.1 Å². The smallest absolute Gasteiger partial charge is 0.453 e. The number of alkyl halides is 3. The van der Waals surface area contributed by atoms with Gasteiger partial charge in [-0.05, 0) is 69.6 Å². The van der Waals surface area contributed by atoms with Crippen LogP contribution in [0.15, 0.2) is 45.6 Å². The number of aromatic hydroxyl groups is 1. The molecule has 0 aliphatic carbocycles. The van der Waals surface area contributed by atoms with Crippen molar-refractivity contribution in [2.45, 2.75) is 51.9 Å². The largest absolute Gasteiger partial charge is 0.507 e. The molecule has 2 heterocycles. The number of carbonyl (C=O) groups is 1. The third kappa shape index (κ3) is 5.18. The van der Waals surface area contributed by atoms with Gasteiger partial charge in [0, 0.05) is 12.6 Å². The Kier molecular flexibility index (Phi) is 7.26. The van der Waals surface area contributed by atoms with E-state index in [1.807, 2.05) is 11.8 Å². The highest BCUT2D eigenvalue weighted by molar-refractivity contribution is 5.89. The Labute approximate surface area is 205 Å². The molecule has 0 spiro atoms. The van der Waals surface area contributed by atoms with Crippen LogP contribution in [0.3, 0.4) is 0 Å². The predicted octanol–water partition coefficient (Wildman–Crippen LogP) is 5.86. The number of phenols is 1. The first-order chi connectivity index (χ1) is 17.1. The first-order valence-electron chi connectivity index (χ1n) is 11.7. The normalized spacial score (nSPS) is 16.8. The summed E-state index contributed by atoms with van der Waals surface area (Å²) < 4.78 is 57.6. The summed E-state index contributed by atoms with van der Waals surface area (Å²) in [5.41, 5.74) is -1.05. The number of piperidine rings is 1. The van der Waals surface area contributed by atoms with Crippen LogP contribution >= 0.6 is 0 Å². The zero-order chi connectivity index (χ0) is 26.0. The summed E-state index contributed by atoms with van der Waals surface area (Å²) >= 11 is 0. The lowest BCUT2D eigenvalue weighted by Crippen LogP contribution is -2.36. The number of hydrogen-bond donors (Lipinski definition) is 1. The number of likely N-dealkylation sites (tertiary alicyclic amines) is 1. The molecule has 36 heavy (non-hydrogen) atoms. The maximum Gasteiger partial charge on any atom is 0.453 e. The molecule has 2 aromatic carbocycles. The molecule has 192 valence electrons. The van der Waals surface area contributed by atoms with Gasteiger partial charge >= 0.3 is 12.1 Å². The zero-order valence-electron chi connectivity index (χ0n) is 19.9. The molecule has 0 saturated carbocycles. The van der Waals surface area contributed by atoms with Crippen molar-refractivity contribution in [1.29, 1.82) is 0 Å². The zero-order valence-corrected chi connectivity index (χ0v) is 19.9. The van der Waals surface area contributed by atoms with Gasteiger partial charge in [-0.25, -0.2) is 4.79 Å². The van der Waals surface area contributed by atoms with E-state index in [0.717, 1.165) is 25.8 Å². The van der Waals surface area contributed by atoms with Crippen molar-refractivity contribution in [3.63, 3.8) is 0 Å². The highest BCUT2D eigenvalue weighted by atomic mass is 19.4. The average Bonchev–Trinajstić information content (AvgIpc) is 2.83. The lowest BCUT2D eigenvalue weighted by atomic mass is 10.0. The van der Waals surface area contributed by atoms with Gasteiger partial charge in [-0.3, -0.25) is 9.69 Å². The van der Waals surface area contributed by atoms with Gasteiger partial charge in [0.25, 0.3) is 5.76 Å². The standard InChI is InChI=1S/C26H26F3NO6/c1-3-34-25(33)16-7-9-17(10-8-16)35-23-21(32)18-11-12-20(31)19(14-30-13-5-4-6-15(30)2)22(18)36-24(23)26(27,28)29/h7-12,15,31H,3-6,13-14H2,1-2H3. The Morgan fingerprint density at radius 1 is 1.17 bits per heavy atom. The molecule has 3 aromatic rings. The summed E-state index contributed by atoms with van der Waals surface area (Å²) in [7, 11) is 0. The van der Waals surface area contributed by atoms with Crippen molar-refractivity contribution in [2.75, 3.05) is 13.2 Å². The van der Waals surface area contributed by atoms with Gasteiger partial charge in [0.2, 0.25) is 11.2 Å². The average molecular weight is 505 g/mol. The number of ether oxygens (including phenoxy) is 2. The van der Waals surface area contributed by atoms with E-state index in [1.54, 1.807) is 6.92 Å². The highest BCUT2D eigenvalue weighted by Crippen LogP contribution is 2.40. The predicted molar refractivity (Wildman–Crippen MR) is 125 cm³/mol. The van der Waals surface area contributed by atoms with Gasteiger partial charge < -0.3 is 19.0 Å². The second-order valence-electron chi connectivity index (χ2n) is 8.69. The Morgan fingerprint density at radius 3 is 2.53 bits per heavy atom. The molecule has 1 aliphatic rings. The first kappa shape index (κ1) is 25.6. The Balaban J connectivity index is 1.78. The lowest BCUT2D eigenvalue weighted by molar-refractivity contribution is -0.154. The molecule has 1 aliphatic heterocycles. The van der Waals surface area contributed by atoms with Crippen molar-refractivity contribution in [3.8, 4) is 17.2 Å². The molecular weight excluding hydrogens is 479 g/mol. The fourth-order valence-electron chi connectivity index (χ4n) is 4.31. The third-order valence-corrected chi connectivity index (χ3v) is 6.24. The number of hydrogen-bond acceptors (Lipinski definition) is 7. The summed E-state index contributed by atoms with van der Waals surface area (Å²) in [6.45, 7) is 4.68. The molecule has 4 rings (SSSR count). The number of rotatable bonds is 6. The van der Waals surface area contributed by atoms with Crippen molar-refractivity contribution < 1.29 is 37.0 Å². The fourth-order valence-corrected chi connectivity index (χ4v) is 4.31. The minimum Gasteiger partial charge on any atom is -0.507 e. The van der Waals surface area contributed by atoms with Crippen LogP contribution in [-0.2, 0) is 17.5 Å². The molecule has 0 amide bonds. The van der Waals surface area contributed by atoms with E-state index in [0.29, 0.717) is 0 Å². The molecule has 0 radical (unpaired) electrons. The molecule has 1 N–H and O–H groups in total. The second kappa shape index (κ2) is 10.2. The highest BCUT2D eigenvalue weighted by Gasteiger charge is 2.41. The van der Waals surface area contributed by atoms with Crippen LogP contribution in [0, 0.1) is 0 Å². The summed E-state index contributed by atoms with van der Waals surface area (Å²) in [6, 6.07) is 7.82. The first-order valence-corrected chi connectivity index (χ1v) is 11.7. The number of halogens is 3. The quantitative estimate of drug-likeness (QED) is 0.420. The maximum absolute atomic E-state index is 14.0. The number of esters is 1. The Hall–Kier alpha value is -3.53. The second-order valence-corrected chi connectivity index (χ2v) is 8.69. The van der Waals surface area contributed by atoms with Gasteiger partial charge in [-0.2, -0.15) is 13.2 Å². The molecule has 0 bridgehead atoms. The topological polar surface area (TPSA) is 89.2 Å². The molecular formula is C26H26F3NO6. The molecule has 1 aromatic heterocycles. The van der Waals surface area contributed by atoms with Crippen LogP contribution < -0.4 is 10.2 Å². The van der Waals surface area contributed by atoms with Crippen molar-refractivity contribution >= 4 is 16.9 Å². The number of phenolic OH excluding ortho intramolecular Hbond substituents is 1. The van der Waals surface area contributed by atoms with E-state index in [2.05, 4.69) is 0 Å². The van der Waals surface area contributed by atoms with Gasteiger partial charge in [-0.1, -0.05) is 6.42 Å². The van der Waals surface area contributed by atoms with Crippen LogP contribution in [-0.4, -0.2) is 35.2 Å². The van der Waals surface area contributed by atoms with E-state index in [9.17, 15) is 27.9 Å². The fraction of sp³-hybridized carbons (Fsp3) is 0.385. The van der Waals surface area contributed by atoms with Crippen LogP contribution in [0.5, 0.6) is 17.2 Å². The molecule has 1 atom stereocenters. The number of benzene rings is 2. The van der Waals surface area contributed by atoms with Gasteiger partial charge in [0.15, 0.2) is 0 Å². The Morgan fingerprint density at radius 2 is 1.89 bits per heavy atom. The summed E-state index contributed by atoms with van der Waals surface area (Å²) in [5.74, 6) is -3.57. The van der Waals surface area contributed by atoms with E-state index >= 15 is 0 Å². The van der Waals surface area contributed by atoms with Crippen molar-refractivity contribution in [2.24, 2.45) is 0 Å². The minimum absolute atomic E-state index is 0.0960. The van der Waals surface area contributed by atoms with Crippen molar-refractivity contribution in [3.05, 3.63) is 63.5 Å². The molecule has 7 nitrogen and oxygen atoms in total. The van der Waals surface area contributed by atoms with Gasteiger partial charge in [-0.15, -0.1) is 0 Å².